The van der Waals surface area contributed by atoms with Crippen LogP contribution < -0.4 is 10.6 Å². The summed E-state index contributed by atoms with van der Waals surface area (Å²) in [5.41, 5.74) is 2.57. The summed E-state index contributed by atoms with van der Waals surface area (Å²) in [6.07, 6.45) is 11.5. The number of nitrogens with one attached hydrogen (secondary N) is 2. The molecule has 26 heavy (non-hydrogen) atoms. The zero-order valence-corrected chi connectivity index (χ0v) is 18.8. The zero-order valence-electron chi connectivity index (χ0n) is 16.5. The highest BCUT2D eigenvalue weighted by molar-refractivity contribution is 14.0. The Hall–Kier alpha value is -0.890. The van der Waals surface area contributed by atoms with Crippen LogP contribution in [0.2, 0.25) is 0 Å². The maximum Gasteiger partial charge on any atom is 0.190 e. The first-order valence-corrected chi connectivity index (χ1v) is 9.70. The van der Waals surface area contributed by atoms with Crippen molar-refractivity contribution in [2.75, 3.05) is 26.7 Å². The summed E-state index contributed by atoms with van der Waals surface area (Å²) in [6.45, 7) is 6.76. The average molecular weight is 474 g/mol. The number of guanidine groups is 1. The zero-order chi connectivity index (χ0) is 17.9. The van der Waals surface area contributed by atoms with Gasteiger partial charge in [0.15, 0.2) is 5.96 Å². The van der Waals surface area contributed by atoms with Gasteiger partial charge in [0.2, 0.25) is 0 Å². The standard InChI is InChI=1S/C20H34N4O.HI/c1-4-25-19(18-7-5-6-8-18)11-14-24-20(21-3)23-13-10-17-9-12-22-15-16(17)2;/h9,12,15,18-19H,4-8,10-11,13-14H2,1-3H3,(H2,21,23,24);1H. The van der Waals surface area contributed by atoms with Gasteiger partial charge in [-0.05, 0) is 62.6 Å². The van der Waals surface area contributed by atoms with Gasteiger partial charge in [0.1, 0.15) is 0 Å². The van der Waals surface area contributed by atoms with Gasteiger partial charge < -0.3 is 15.4 Å². The van der Waals surface area contributed by atoms with Crippen molar-refractivity contribution in [2.24, 2.45) is 10.9 Å². The minimum Gasteiger partial charge on any atom is -0.378 e. The highest BCUT2D eigenvalue weighted by atomic mass is 127. The Morgan fingerprint density at radius 3 is 2.69 bits per heavy atom. The van der Waals surface area contributed by atoms with Gasteiger partial charge in [-0.2, -0.15) is 0 Å². The molecule has 0 radical (unpaired) electrons. The SMILES string of the molecule is CCOC(CCNC(=NC)NCCc1ccncc1C)C1CCCC1.I. The molecule has 5 nitrogen and oxygen atoms in total. The molecule has 1 heterocycles. The molecule has 0 bridgehead atoms. The van der Waals surface area contributed by atoms with E-state index in [0.717, 1.165) is 44.4 Å². The molecule has 0 saturated heterocycles. The summed E-state index contributed by atoms with van der Waals surface area (Å²) in [5.74, 6) is 1.61. The van der Waals surface area contributed by atoms with E-state index in [1.807, 2.05) is 19.4 Å². The molecule has 1 aliphatic carbocycles. The second kappa shape index (κ2) is 13.3. The number of ether oxygens (including phenoxy) is 1. The monoisotopic (exact) mass is 474 g/mol. The Bertz CT molecular complexity index is 532. The lowest BCUT2D eigenvalue weighted by Crippen LogP contribution is -2.40. The average Bonchev–Trinajstić information content (AvgIpc) is 3.15. The Kier molecular flexibility index (Phi) is 11.8. The molecule has 1 aliphatic rings. The quantitative estimate of drug-likeness (QED) is 0.326. The van der Waals surface area contributed by atoms with E-state index < -0.39 is 0 Å². The van der Waals surface area contributed by atoms with Crippen molar-refractivity contribution in [3.63, 3.8) is 0 Å². The van der Waals surface area contributed by atoms with Crippen LogP contribution in [0.3, 0.4) is 0 Å². The molecule has 1 atom stereocenters. The van der Waals surface area contributed by atoms with E-state index >= 15 is 0 Å². The van der Waals surface area contributed by atoms with Crippen LogP contribution in [0.4, 0.5) is 0 Å². The maximum absolute atomic E-state index is 5.99. The highest BCUT2D eigenvalue weighted by Crippen LogP contribution is 2.30. The first-order chi connectivity index (χ1) is 12.2. The number of pyridine rings is 1. The van der Waals surface area contributed by atoms with Crippen LogP contribution in [0.25, 0.3) is 0 Å². The van der Waals surface area contributed by atoms with Crippen molar-refractivity contribution in [3.05, 3.63) is 29.6 Å². The molecule has 2 N–H and O–H groups in total. The van der Waals surface area contributed by atoms with E-state index in [1.165, 1.54) is 36.8 Å². The third-order valence-corrected chi connectivity index (χ3v) is 5.07. The smallest absolute Gasteiger partial charge is 0.190 e. The molecular formula is C20H35IN4O. The first kappa shape index (κ1) is 23.1. The van der Waals surface area contributed by atoms with Gasteiger partial charge in [0, 0.05) is 39.1 Å². The summed E-state index contributed by atoms with van der Waals surface area (Å²) in [4.78, 5) is 8.46. The number of rotatable bonds is 9. The Morgan fingerprint density at radius 2 is 2.04 bits per heavy atom. The van der Waals surface area contributed by atoms with Crippen LogP contribution in [0, 0.1) is 12.8 Å². The maximum atomic E-state index is 5.99. The van der Waals surface area contributed by atoms with Crippen molar-refractivity contribution in [1.82, 2.24) is 15.6 Å². The molecule has 1 aromatic rings. The number of hydrogen-bond donors (Lipinski definition) is 2. The molecular weight excluding hydrogens is 439 g/mol. The number of hydrogen-bond acceptors (Lipinski definition) is 3. The van der Waals surface area contributed by atoms with E-state index in [4.69, 9.17) is 4.74 Å². The van der Waals surface area contributed by atoms with E-state index in [-0.39, 0.29) is 24.0 Å². The van der Waals surface area contributed by atoms with Crippen molar-refractivity contribution in [2.45, 2.75) is 58.5 Å². The molecule has 0 amide bonds. The predicted molar refractivity (Wildman–Crippen MR) is 119 cm³/mol. The summed E-state index contributed by atoms with van der Waals surface area (Å²) >= 11 is 0. The van der Waals surface area contributed by atoms with Gasteiger partial charge in [0.05, 0.1) is 6.10 Å². The molecule has 1 saturated carbocycles. The molecule has 0 spiro atoms. The van der Waals surface area contributed by atoms with Crippen molar-refractivity contribution in [3.8, 4) is 0 Å². The van der Waals surface area contributed by atoms with Gasteiger partial charge in [-0.25, -0.2) is 0 Å². The normalized spacial score (nSPS) is 16.2. The first-order valence-electron chi connectivity index (χ1n) is 9.70. The Labute approximate surface area is 175 Å². The lowest BCUT2D eigenvalue weighted by molar-refractivity contribution is 0.0169. The van der Waals surface area contributed by atoms with E-state index in [2.05, 4.69) is 40.5 Å². The molecule has 1 unspecified atom stereocenters. The molecule has 6 heteroatoms. The lowest BCUT2D eigenvalue weighted by Gasteiger charge is -2.24. The molecule has 2 rings (SSSR count). The van der Waals surface area contributed by atoms with Crippen molar-refractivity contribution < 1.29 is 4.74 Å². The second-order valence-corrected chi connectivity index (χ2v) is 6.80. The largest absolute Gasteiger partial charge is 0.378 e. The number of halogens is 1. The van der Waals surface area contributed by atoms with Crippen LogP contribution in [0.5, 0.6) is 0 Å². The Balaban J connectivity index is 0.00000338. The molecule has 0 aliphatic heterocycles. The van der Waals surface area contributed by atoms with Gasteiger partial charge >= 0.3 is 0 Å². The van der Waals surface area contributed by atoms with Crippen LogP contribution in [-0.2, 0) is 11.2 Å². The van der Waals surface area contributed by atoms with Crippen LogP contribution in [0.15, 0.2) is 23.5 Å². The third kappa shape index (κ3) is 7.78. The number of aryl methyl sites for hydroxylation is 1. The topological polar surface area (TPSA) is 58.5 Å². The van der Waals surface area contributed by atoms with Crippen LogP contribution >= 0.6 is 24.0 Å². The predicted octanol–water partition coefficient (Wildman–Crippen LogP) is 3.70. The lowest BCUT2D eigenvalue weighted by atomic mass is 9.98. The van der Waals surface area contributed by atoms with E-state index in [9.17, 15) is 0 Å². The number of aliphatic imine (C=N–C) groups is 1. The van der Waals surface area contributed by atoms with Gasteiger partial charge in [-0.1, -0.05) is 12.8 Å². The van der Waals surface area contributed by atoms with E-state index in [0.29, 0.717) is 6.10 Å². The fourth-order valence-electron chi connectivity index (χ4n) is 3.65. The molecule has 148 valence electrons. The second-order valence-electron chi connectivity index (χ2n) is 6.80. The Morgan fingerprint density at radius 1 is 1.31 bits per heavy atom. The minimum absolute atomic E-state index is 0. The number of nitrogens with zero attached hydrogens (tertiary/aromatic N) is 2. The highest BCUT2D eigenvalue weighted by Gasteiger charge is 2.25. The minimum atomic E-state index is 0. The van der Waals surface area contributed by atoms with Gasteiger partial charge in [0.25, 0.3) is 0 Å². The molecule has 0 aromatic carbocycles. The summed E-state index contributed by atoms with van der Waals surface area (Å²) in [7, 11) is 1.82. The van der Waals surface area contributed by atoms with Crippen molar-refractivity contribution >= 4 is 29.9 Å². The van der Waals surface area contributed by atoms with E-state index in [1.54, 1.807) is 0 Å². The fraction of sp³-hybridized carbons (Fsp3) is 0.700. The number of aromatic nitrogens is 1. The van der Waals surface area contributed by atoms with Gasteiger partial charge in [-0.15, -0.1) is 24.0 Å². The fourth-order valence-corrected chi connectivity index (χ4v) is 3.65. The molecule has 1 fully saturated rings. The van der Waals surface area contributed by atoms with Crippen LogP contribution in [-0.4, -0.2) is 43.8 Å². The molecule has 1 aromatic heterocycles. The third-order valence-electron chi connectivity index (χ3n) is 5.07. The van der Waals surface area contributed by atoms with Gasteiger partial charge in [-0.3, -0.25) is 9.98 Å². The van der Waals surface area contributed by atoms with Crippen molar-refractivity contribution in [1.29, 1.82) is 0 Å². The summed E-state index contributed by atoms with van der Waals surface area (Å²) in [6, 6.07) is 2.08. The van der Waals surface area contributed by atoms with Crippen LogP contribution in [0.1, 0.15) is 50.2 Å². The summed E-state index contributed by atoms with van der Waals surface area (Å²) < 4.78 is 5.99. The summed E-state index contributed by atoms with van der Waals surface area (Å²) in [5, 5.41) is 6.83.